The second kappa shape index (κ2) is 4.82. The van der Waals surface area contributed by atoms with Crippen molar-refractivity contribution in [1.82, 2.24) is 10.3 Å². The molecule has 0 unspecified atom stereocenters. The molecule has 0 bridgehead atoms. The van der Waals surface area contributed by atoms with Crippen molar-refractivity contribution in [1.29, 1.82) is 0 Å². The fourth-order valence-electron chi connectivity index (χ4n) is 0.767. The van der Waals surface area contributed by atoms with Gasteiger partial charge in [-0.15, -0.1) is 0 Å². The lowest BCUT2D eigenvalue weighted by Gasteiger charge is -1.99. The van der Waals surface area contributed by atoms with E-state index in [1.54, 1.807) is 6.20 Å². The highest BCUT2D eigenvalue weighted by molar-refractivity contribution is 5.02. The van der Waals surface area contributed by atoms with Crippen LogP contribution in [0.25, 0.3) is 0 Å². The van der Waals surface area contributed by atoms with E-state index in [4.69, 9.17) is 5.11 Å². The minimum Gasteiger partial charge on any atom is -0.389 e. The number of aliphatic hydroxyl groups is 1. The van der Waals surface area contributed by atoms with Gasteiger partial charge in [0, 0.05) is 19.3 Å². The van der Waals surface area contributed by atoms with Crippen LogP contribution in [0.15, 0.2) is 24.4 Å². The molecule has 1 rings (SSSR count). The molecule has 1 heterocycles. The minimum absolute atomic E-state index is 0.497. The lowest BCUT2D eigenvalue weighted by Crippen LogP contribution is -2.15. The van der Waals surface area contributed by atoms with E-state index in [9.17, 15) is 0 Å². The molecule has 11 heavy (non-hydrogen) atoms. The molecule has 1 radical (unpaired) electrons. The normalized spacial score (nSPS) is 9.91. The molecule has 0 saturated carbocycles. The predicted octanol–water partition coefficient (Wildman–Crippen LogP) is 0.705. The van der Waals surface area contributed by atoms with Crippen LogP contribution in [0.3, 0.4) is 0 Å². The average Bonchev–Trinajstić information content (AvgIpc) is 2.07. The highest BCUT2D eigenvalue weighted by Crippen LogP contribution is 1.90. The van der Waals surface area contributed by atoms with Gasteiger partial charge in [-0.05, 0) is 12.1 Å². The summed E-state index contributed by atoms with van der Waals surface area (Å²) in [6.45, 7) is 2.28. The second-order valence-corrected chi connectivity index (χ2v) is 2.13. The Morgan fingerprint density at radius 1 is 1.55 bits per heavy atom. The number of pyridine rings is 1. The van der Waals surface area contributed by atoms with E-state index in [1.165, 1.54) is 0 Å². The molecule has 0 aliphatic heterocycles. The van der Waals surface area contributed by atoms with Gasteiger partial charge in [-0.1, -0.05) is 6.07 Å². The van der Waals surface area contributed by atoms with Gasteiger partial charge in [-0.3, -0.25) is 4.98 Å². The Hall–Kier alpha value is -0.930. The van der Waals surface area contributed by atoms with Crippen LogP contribution >= 0.6 is 0 Å². The van der Waals surface area contributed by atoms with E-state index < -0.39 is 0 Å². The maximum atomic E-state index is 8.34. The third-order valence-corrected chi connectivity index (χ3v) is 1.27. The van der Waals surface area contributed by atoms with Gasteiger partial charge < -0.3 is 10.4 Å². The van der Waals surface area contributed by atoms with Gasteiger partial charge in [0.1, 0.15) is 0 Å². The highest BCUT2D eigenvalue weighted by atomic mass is 16.3. The third kappa shape index (κ3) is 3.11. The predicted molar refractivity (Wildman–Crippen MR) is 42.2 cm³/mol. The number of nitrogens with zero attached hydrogens (tertiary/aromatic N) is 1. The Morgan fingerprint density at radius 3 is 3.09 bits per heavy atom. The Kier molecular flexibility index (Phi) is 3.58. The SMILES string of the molecule is O[CH]CNCc1ccccn1. The summed E-state index contributed by atoms with van der Waals surface area (Å²) in [5, 5.41) is 11.3. The molecule has 1 aromatic heterocycles. The first-order valence-electron chi connectivity index (χ1n) is 3.50. The summed E-state index contributed by atoms with van der Waals surface area (Å²) in [4.78, 5) is 4.09. The lowest BCUT2D eigenvalue weighted by atomic mass is 10.3. The molecule has 59 valence electrons. The number of rotatable bonds is 4. The van der Waals surface area contributed by atoms with Gasteiger partial charge in [0.2, 0.25) is 0 Å². The van der Waals surface area contributed by atoms with Crippen LogP contribution in [0.2, 0.25) is 0 Å². The fraction of sp³-hybridized carbons (Fsp3) is 0.250. The minimum atomic E-state index is 0.497. The number of hydrogen-bond acceptors (Lipinski definition) is 3. The van der Waals surface area contributed by atoms with E-state index in [-0.39, 0.29) is 0 Å². The zero-order chi connectivity index (χ0) is 7.94. The molecule has 0 saturated heterocycles. The zero-order valence-corrected chi connectivity index (χ0v) is 6.20. The number of nitrogens with one attached hydrogen (secondary N) is 1. The molecule has 0 amide bonds. The largest absolute Gasteiger partial charge is 0.389 e. The van der Waals surface area contributed by atoms with E-state index in [2.05, 4.69) is 10.3 Å². The Morgan fingerprint density at radius 2 is 2.45 bits per heavy atom. The van der Waals surface area contributed by atoms with Gasteiger partial charge >= 0.3 is 0 Å². The van der Waals surface area contributed by atoms with Crippen LogP contribution in [0, 0.1) is 6.61 Å². The van der Waals surface area contributed by atoms with E-state index in [1.807, 2.05) is 18.2 Å². The monoisotopic (exact) mass is 151 g/mol. The van der Waals surface area contributed by atoms with Crippen molar-refractivity contribution in [3.63, 3.8) is 0 Å². The van der Waals surface area contributed by atoms with Crippen LogP contribution in [0.5, 0.6) is 0 Å². The smallest absolute Gasteiger partial charge is 0.0935 e. The molecule has 0 fully saturated rings. The van der Waals surface area contributed by atoms with Gasteiger partial charge in [-0.2, -0.15) is 0 Å². The Bertz CT molecular complexity index is 189. The molecule has 0 atom stereocenters. The molecular weight excluding hydrogens is 140 g/mol. The maximum absolute atomic E-state index is 8.34. The summed E-state index contributed by atoms with van der Waals surface area (Å²) < 4.78 is 0. The lowest BCUT2D eigenvalue weighted by molar-refractivity contribution is 0.375. The molecule has 0 aromatic carbocycles. The van der Waals surface area contributed by atoms with Crippen LogP contribution < -0.4 is 5.32 Å². The van der Waals surface area contributed by atoms with Crippen LogP contribution in [-0.4, -0.2) is 16.6 Å². The first-order valence-corrected chi connectivity index (χ1v) is 3.50. The van der Waals surface area contributed by atoms with Crippen LogP contribution in [-0.2, 0) is 6.54 Å². The molecule has 0 aliphatic rings. The summed E-state index contributed by atoms with van der Waals surface area (Å²) in [6, 6.07) is 5.75. The van der Waals surface area contributed by atoms with Crippen molar-refractivity contribution in [2.24, 2.45) is 0 Å². The van der Waals surface area contributed by atoms with E-state index in [0.717, 1.165) is 12.3 Å². The summed E-state index contributed by atoms with van der Waals surface area (Å²) in [7, 11) is 0. The molecule has 1 aromatic rings. The van der Waals surface area contributed by atoms with Gasteiger partial charge in [0.25, 0.3) is 0 Å². The summed E-state index contributed by atoms with van der Waals surface area (Å²) in [5.41, 5.74) is 0.981. The van der Waals surface area contributed by atoms with Crippen LogP contribution in [0.4, 0.5) is 0 Å². The standard InChI is InChI=1S/C8H11N2O/c11-6-5-9-7-8-3-1-2-4-10-8/h1-4,6,9,11H,5,7H2. The number of hydrogen-bond donors (Lipinski definition) is 2. The highest BCUT2D eigenvalue weighted by Gasteiger charge is 1.89. The Balaban J connectivity index is 2.28. The third-order valence-electron chi connectivity index (χ3n) is 1.27. The van der Waals surface area contributed by atoms with Crippen molar-refractivity contribution in [3.8, 4) is 0 Å². The molecule has 2 N–H and O–H groups in total. The fourth-order valence-corrected chi connectivity index (χ4v) is 0.767. The van der Waals surface area contributed by atoms with Crippen molar-refractivity contribution in [2.45, 2.75) is 6.54 Å². The number of aliphatic hydroxyl groups excluding tert-OH is 1. The molecule has 0 spiro atoms. The summed E-state index contributed by atoms with van der Waals surface area (Å²) >= 11 is 0. The second-order valence-electron chi connectivity index (χ2n) is 2.13. The topological polar surface area (TPSA) is 45.1 Å². The molecule has 0 aliphatic carbocycles. The van der Waals surface area contributed by atoms with E-state index >= 15 is 0 Å². The van der Waals surface area contributed by atoms with E-state index in [0.29, 0.717) is 13.1 Å². The first-order chi connectivity index (χ1) is 5.43. The summed E-state index contributed by atoms with van der Waals surface area (Å²) in [5.74, 6) is 0. The molecule has 3 nitrogen and oxygen atoms in total. The maximum Gasteiger partial charge on any atom is 0.0935 e. The van der Waals surface area contributed by atoms with Crippen LogP contribution in [0.1, 0.15) is 5.69 Å². The van der Waals surface area contributed by atoms with Crippen molar-refractivity contribution in [3.05, 3.63) is 36.7 Å². The Labute approximate surface area is 66.1 Å². The van der Waals surface area contributed by atoms with Crippen molar-refractivity contribution in [2.75, 3.05) is 6.54 Å². The zero-order valence-electron chi connectivity index (χ0n) is 6.20. The number of aromatic nitrogens is 1. The first kappa shape index (κ1) is 8.17. The van der Waals surface area contributed by atoms with Gasteiger partial charge in [0.15, 0.2) is 0 Å². The van der Waals surface area contributed by atoms with Gasteiger partial charge in [-0.25, -0.2) is 0 Å². The molecule has 3 heteroatoms. The quantitative estimate of drug-likeness (QED) is 0.623. The summed E-state index contributed by atoms with van der Waals surface area (Å²) in [6.07, 6.45) is 1.75. The molecular formula is C8H11N2O. The van der Waals surface area contributed by atoms with Crippen molar-refractivity contribution < 1.29 is 5.11 Å². The average molecular weight is 151 g/mol. The van der Waals surface area contributed by atoms with Crippen molar-refractivity contribution >= 4 is 0 Å². The van der Waals surface area contributed by atoms with Gasteiger partial charge in [0.05, 0.1) is 12.3 Å².